The highest BCUT2D eigenvalue weighted by molar-refractivity contribution is 5.84. The molecule has 0 saturated heterocycles. The zero-order valence-electron chi connectivity index (χ0n) is 10.6. The summed E-state index contributed by atoms with van der Waals surface area (Å²) in [6.07, 6.45) is 7.28. The summed E-state index contributed by atoms with van der Waals surface area (Å²) in [6.45, 7) is 5.49. The Labute approximate surface area is 103 Å². The Balaban J connectivity index is 2.62. The molecular weight excluding hydrogens is 216 g/mol. The maximum atomic E-state index is 11.9. The number of unbranched alkanes of at least 4 members (excludes halogenated alkanes) is 1. The van der Waals surface area contributed by atoms with Gasteiger partial charge in [-0.2, -0.15) is 0 Å². The van der Waals surface area contributed by atoms with Gasteiger partial charge in [0.25, 0.3) is 0 Å². The molecule has 1 rings (SSSR count). The van der Waals surface area contributed by atoms with Gasteiger partial charge in [-0.15, -0.1) is 0 Å². The van der Waals surface area contributed by atoms with Crippen molar-refractivity contribution in [3.8, 4) is 0 Å². The Bertz CT molecular complexity index is 283. The minimum absolute atomic E-state index is 0.0841. The SMILES string of the molecule is C=CC(=O)OC(CCCC)C1CCCCC1=O. The molecule has 0 spiro atoms. The van der Waals surface area contributed by atoms with Gasteiger partial charge in [0.2, 0.25) is 0 Å². The second kappa shape index (κ2) is 7.25. The smallest absolute Gasteiger partial charge is 0.330 e. The molecule has 0 bridgehead atoms. The molecule has 1 aliphatic carbocycles. The molecule has 2 unspecified atom stereocenters. The molecule has 0 radical (unpaired) electrons. The summed E-state index contributed by atoms with van der Waals surface area (Å²) >= 11 is 0. The van der Waals surface area contributed by atoms with Gasteiger partial charge in [0.05, 0.1) is 5.92 Å². The third-order valence-electron chi connectivity index (χ3n) is 3.33. The van der Waals surface area contributed by atoms with E-state index in [1.165, 1.54) is 6.08 Å². The molecule has 0 aromatic rings. The lowest BCUT2D eigenvalue weighted by atomic mass is 9.82. The number of ether oxygens (including phenoxy) is 1. The topological polar surface area (TPSA) is 43.4 Å². The Hall–Kier alpha value is -1.12. The van der Waals surface area contributed by atoms with Crippen LogP contribution in [0.5, 0.6) is 0 Å². The third-order valence-corrected chi connectivity index (χ3v) is 3.33. The van der Waals surface area contributed by atoms with E-state index in [-0.39, 0.29) is 17.8 Å². The van der Waals surface area contributed by atoms with Gasteiger partial charge in [0.15, 0.2) is 0 Å². The fraction of sp³-hybridized carbons (Fsp3) is 0.714. The first-order valence-corrected chi connectivity index (χ1v) is 6.54. The standard InChI is InChI=1S/C14H22O3/c1-3-5-10-13(17-14(16)4-2)11-8-6-7-9-12(11)15/h4,11,13H,2-3,5-10H2,1H3. The molecule has 0 heterocycles. The minimum Gasteiger partial charge on any atom is -0.458 e. The van der Waals surface area contributed by atoms with Crippen LogP contribution in [0, 0.1) is 5.92 Å². The molecule has 0 N–H and O–H groups in total. The quantitative estimate of drug-likeness (QED) is 0.527. The van der Waals surface area contributed by atoms with E-state index in [2.05, 4.69) is 13.5 Å². The number of hydrogen-bond donors (Lipinski definition) is 0. The highest BCUT2D eigenvalue weighted by Gasteiger charge is 2.31. The molecule has 3 nitrogen and oxygen atoms in total. The van der Waals surface area contributed by atoms with Crippen LogP contribution in [0.3, 0.4) is 0 Å². The molecule has 1 fully saturated rings. The van der Waals surface area contributed by atoms with E-state index >= 15 is 0 Å². The van der Waals surface area contributed by atoms with E-state index < -0.39 is 5.97 Å². The fourth-order valence-electron chi connectivity index (χ4n) is 2.35. The van der Waals surface area contributed by atoms with Crippen LogP contribution in [0.25, 0.3) is 0 Å². The van der Waals surface area contributed by atoms with Crippen LogP contribution in [0.15, 0.2) is 12.7 Å². The van der Waals surface area contributed by atoms with E-state index in [1.807, 2.05) is 0 Å². The summed E-state index contributed by atoms with van der Waals surface area (Å²) in [5, 5.41) is 0. The first-order chi connectivity index (χ1) is 8.19. The van der Waals surface area contributed by atoms with E-state index in [9.17, 15) is 9.59 Å². The number of esters is 1. The van der Waals surface area contributed by atoms with Crippen molar-refractivity contribution >= 4 is 11.8 Å². The van der Waals surface area contributed by atoms with Crippen molar-refractivity contribution in [1.82, 2.24) is 0 Å². The number of carbonyl (C=O) groups excluding carboxylic acids is 2. The van der Waals surface area contributed by atoms with Crippen LogP contribution in [0.4, 0.5) is 0 Å². The van der Waals surface area contributed by atoms with Crippen LogP contribution in [-0.2, 0) is 14.3 Å². The van der Waals surface area contributed by atoms with Gasteiger partial charge in [-0.3, -0.25) is 4.79 Å². The van der Waals surface area contributed by atoms with Gasteiger partial charge in [-0.1, -0.05) is 32.8 Å². The lowest BCUT2D eigenvalue weighted by molar-refractivity contribution is -0.149. The van der Waals surface area contributed by atoms with Crippen molar-refractivity contribution in [2.75, 3.05) is 0 Å². The molecule has 0 amide bonds. The van der Waals surface area contributed by atoms with E-state index in [0.717, 1.165) is 38.5 Å². The van der Waals surface area contributed by atoms with Crippen molar-refractivity contribution in [2.45, 2.75) is 58.0 Å². The second-order valence-electron chi connectivity index (χ2n) is 4.64. The highest BCUT2D eigenvalue weighted by atomic mass is 16.5. The van der Waals surface area contributed by atoms with Crippen LogP contribution < -0.4 is 0 Å². The van der Waals surface area contributed by atoms with Crippen molar-refractivity contribution in [3.63, 3.8) is 0 Å². The zero-order chi connectivity index (χ0) is 12.7. The normalized spacial score (nSPS) is 21.9. The number of ketones is 1. The van der Waals surface area contributed by atoms with Crippen molar-refractivity contribution in [2.24, 2.45) is 5.92 Å². The summed E-state index contributed by atoms with van der Waals surface area (Å²) in [5.41, 5.74) is 0. The predicted octanol–water partition coefficient (Wildman–Crippen LogP) is 3.03. The molecule has 3 heteroatoms. The highest BCUT2D eigenvalue weighted by Crippen LogP contribution is 2.28. The summed E-state index contributed by atoms with van der Waals surface area (Å²) in [4.78, 5) is 23.1. The molecule has 96 valence electrons. The first kappa shape index (κ1) is 13.9. The van der Waals surface area contributed by atoms with Crippen LogP contribution in [-0.4, -0.2) is 17.9 Å². The minimum atomic E-state index is -0.413. The molecule has 0 aliphatic heterocycles. The number of Topliss-reactive ketones (excluding diaryl/α,β-unsaturated/α-hetero) is 1. The third kappa shape index (κ3) is 4.33. The summed E-state index contributed by atoms with van der Waals surface area (Å²) in [6, 6.07) is 0. The van der Waals surface area contributed by atoms with Crippen molar-refractivity contribution in [1.29, 1.82) is 0 Å². The van der Waals surface area contributed by atoms with Gasteiger partial charge >= 0.3 is 5.97 Å². The monoisotopic (exact) mass is 238 g/mol. The number of carbonyl (C=O) groups is 2. The second-order valence-corrected chi connectivity index (χ2v) is 4.64. The Kier molecular flexibility index (Phi) is 5.95. The summed E-state index contributed by atoms with van der Waals surface area (Å²) in [7, 11) is 0. The lowest BCUT2D eigenvalue weighted by Crippen LogP contribution is -2.34. The largest absolute Gasteiger partial charge is 0.458 e. The molecular formula is C14H22O3. The van der Waals surface area contributed by atoms with Gasteiger partial charge in [-0.05, 0) is 19.3 Å². The molecule has 0 aromatic carbocycles. The fourth-order valence-corrected chi connectivity index (χ4v) is 2.35. The number of hydrogen-bond acceptors (Lipinski definition) is 3. The van der Waals surface area contributed by atoms with Crippen molar-refractivity contribution < 1.29 is 14.3 Å². The van der Waals surface area contributed by atoms with E-state index in [1.54, 1.807) is 0 Å². The van der Waals surface area contributed by atoms with Crippen LogP contribution in [0.2, 0.25) is 0 Å². The molecule has 1 saturated carbocycles. The molecule has 1 aliphatic rings. The number of rotatable bonds is 6. The maximum absolute atomic E-state index is 11.9. The molecule has 0 aromatic heterocycles. The first-order valence-electron chi connectivity index (χ1n) is 6.54. The Morgan fingerprint density at radius 1 is 1.59 bits per heavy atom. The van der Waals surface area contributed by atoms with Gasteiger partial charge in [0.1, 0.15) is 11.9 Å². The van der Waals surface area contributed by atoms with Crippen molar-refractivity contribution in [3.05, 3.63) is 12.7 Å². The average molecular weight is 238 g/mol. The maximum Gasteiger partial charge on any atom is 0.330 e. The van der Waals surface area contributed by atoms with Crippen LogP contribution >= 0.6 is 0 Å². The lowest BCUT2D eigenvalue weighted by Gasteiger charge is -2.28. The van der Waals surface area contributed by atoms with E-state index in [4.69, 9.17) is 4.74 Å². The van der Waals surface area contributed by atoms with E-state index in [0.29, 0.717) is 6.42 Å². The predicted molar refractivity (Wildman–Crippen MR) is 66.6 cm³/mol. The summed E-state index contributed by atoms with van der Waals surface area (Å²) in [5.74, 6) is -0.238. The van der Waals surface area contributed by atoms with Gasteiger partial charge < -0.3 is 4.74 Å². The van der Waals surface area contributed by atoms with Gasteiger partial charge in [-0.25, -0.2) is 4.79 Å². The zero-order valence-corrected chi connectivity index (χ0v) is 10.6. The van der Waals surface area contributed by atoms with Crippen LogP contribution in [0.1, 0.15) is 51.9 Å². The summed E-state index contributed by atoms with van der Waals surface area (Å²) < 4.78 is 5.33. The molecule has 17 heavy (non-hydrogen) atoms. The van der Waals surface area contributed by atoms with Gasteiger partial charge in [0, 0.05) is 12.5 Å². The molecule has 2 atom stereocenters. The Morgan fingerprint density at radius 2 is 2.35 bits per heavy atom. The Morgan fingerprint density at radius 3 is 2.94 bits per heavy atom. The average Bonchev–Trinajstić information content (AvgIpc) is 2.35.